The monoisotopic (exact) mass is 409 g/mol. The van der Waals surface area contributed by atoms with Crippen molar-refractivity contribution >= 4 is 23.5 Å². The van der Waals surface area contributed by atoms with Gasteiger partial charge in [-0.15, -0.1) is 0 Å². The van der Waals surface area contributed by atoms with E-state index in [2.05, 4.69) is 9.88 Å². The number of carbonyl (C=O) groups is 3. The Morgan fingerprint density at radius 1 is 1.13 bits per heavy atom. The molecule has 1 aliphatic heterocycles. The first kappa shape index (κ1) is 21.6. The predicted octanol–water partition coefficient (Wildman–Crippen LogP) is 3.22. The highest BCUT2D eigenvalue weighted by atomic mass is 16.5. The number of ether oxygens (including phenoxy) is 1. The van der Waals surface area contributed by atoms with E-state index >= 15 is 0 Å². The Morgan fingerprint density at radius 3 is 2.37 bits per heavy atom. The second-order valence-electron chi connectivity index (χ2n) is 7.76. The van der Waals surface area contributed by atoms with Crippen LogP contribution in [0.25, 0.3) is 0 Å². The maximum atomic E-state index is 13.5. The quantitative estimate of drug-likeness (QED) is 0.654. The van der Waals surface area contributed by atoms with Crippen LogP contribution in [0.1, 0.15) is 49.3 Å². The van der Waals surface area contributed by atoms with Gasteiger partial charge in [-0.2, -0.15) is 0 Å². The molecule has 3 rings (SSSR count). The van der Waals surface area contributed by atoms with Gasteiger partial charge < -0.3 is 4.74 Å². The average molecular weight is 409 g/mol. The number of carbonyl (C=O) groups excluding carboxylic acids is 3. The first-order valence-corrected chi connectivity index (χ1v) is 10.0. The summed E-state index contributed by atoms with van der Waals surface area (Å²) in [4.78, 5) is 45.2. The minimum absolute atomic E-state index is 0.0469. The van der Waals surface area contributed by atoms with Gasteiger partial charge in [0.15, 0.2) is 0 Å². The van der Waals surface area contributed by atoms with Gasteiger partial charge in [-0.1, -0.05) is 32.0 Å². The zero-order valence-electron chi connectivity index (χ0n) is 17.7. The molecular formula is C23H27N3O4. The maximum Gasteiger partial charge on any atom is 0.337 e. The molecule has 1 aromatic carbocycles. The van der Waals surface area contributed by atoms with Crippen molar-refractivity contribution in [3.8, 4) is 0 Å². The van der Waals surface area contributed by atoms with Gasteiger partial charge in [0, 0.05) is 19.2 Å². The highest BCUT2D eigenvalue weighted by Crippen LogP contribution is 2.39. The third-order valence-corrected chi connectivity index (χ3v) is 5.29. The van der Waals surface area contributed by atoms with Gasteiger partial charge in [-0.05, 0) is 42.7 Å². The Kier molecular flexibility index (Phi) is 6.62. The van der Waals surface area contributed by atoms with Crippen LogP contribution in [0.2, 0.25) is 0 Å². The zero-order chi connectivity index (χ0) is 21.8. The molecule has 1 aliphatic rings. The lowest BCUT2D eigenvalue weighted by molar-refractivity contribution is -0.122. The van der Waals surface area contributed by atoms with Crippen LogP contribution in [-0.2, 0) is 14.3 Å². The molecule has 0 saturated carbocycles. The lowest BCUT2D eigenvalue weighted by Crippen LogP contribution is -2.39. The van der Waals surface area contributed by atoms with Gasteiger partial charge in [0.25, 0.3) is 0 Å². The second-order valence-corrected chi connectivity index (χ2v) is 7.76. The van der Waals surface area contributed by atoms with Crippen molar-refractivity contribution in [1.29, 1.82) is 0 Å². The van der Waals surface area contributed by atoms with E-state index in [0.717, 1.165) is 5.56 Å². The maximum absolute atomic E-state index is 13.5. The second kappa shape index (κ2) is 9.17. The summed E-state index contributed by atoms with van der Waals surface area (Å²) in [6, 6.07) is 12.1. The molecule has 7 nitrogen and oxygen atoms in total. The number of esters is 1. The minimum atomic E-state index is -0.425. The number of hydrogen-bond acceptors (Lipinski definition) is 6. The number of amides is 1. The summed E-state index contributed by atoms with van der Waals surface area (Å²) in [6.07, 6.45) is 1.58. The van der Waals surface area contributed by atoms with E-state index in [-0.39, 0.29) is 23.7 Å². The smallest absolute Gasteiger partial charge is 0.337 e. The number of anilines is 1. The summed E-state index contributed by atoms with van der Waals surface area (Å²) in [6.45, 7) is 6.01. The van der Waals surface area contributed by atoms with E-state index in [1.54, 1.807) is 42.3 Å². The summed E-state index contributed by atoms with van der Waals surface area (Å²) in [7, 11) is 1.34. The largest absolute Gasteiger partial charge is 0.465 e. The Labute approximate surface area is 176 Å². The molecule has 1 amide bonds. The van der Waals surface area contributed by atoms with Crippen LogP contribution in [0.4, 0.5) is 5.82 Å². The van der Waals surface area contributed by atoms with E-state index in [4.69, 9.17) is 4.74 Å². The molecule has 0 N–H and O–H groups in total. The van der Waals surface area contributed by atoms with Gasteiger partial charge in [-0.3, -0.25) is 19.4 Å². The van der Waals surface area contributed by atoms with Crippen LogP contribution in [0.3, 0.4) is 0 Å². The van der Waals surface area contributed by atoms with E-state index in [0.29, 0.717) is 24.3 Å². The standard InChI is InChI=1S/C23H27N3O4/c1-15(2)20-22(28)26(19-7-5-6-13-24-19)21(25(20)14-12-16(3)27)17-8-10-18(11-9-17)23(29)30-4/h5-11,13,15,20-21H,12,14H2,1-4H3/t20-,21-/m0/s1. The minimum Gasteiger partial charge on any atom is -0.465 e. The van der Waals surface area contributed by atoms with Gasteiger partial charge >= 0.3 is 5.97 Å². The number of aromatic nitrogens is 1. The first-order chi connectivity index (χ1) is 14.3. The molecule has 0 aliphatic carbocycles. The third kappa shape index (κ3) is 4.26. The Hall–Kier alpha value is -3.06. The topological polar surface area (TPSA) is 79.8 Å². The first-order valence-electron chi connectivity index (χ1n) is 10.0. The van der Waals surface area contributed by atoms with Crippen molar-refractivity contribution in [3.05, 3.63) is 59.8 Å². The summed E-state index contributed by atoms with van der Waals surface area (Å²) in [5.74, 6) is 0.213. The van der Waals surface area contributed by atoms with Crippen LogP contribution < -0.4 is 4.90 Å². The molecule has 2 aromatic rings. The molecule has 2 heterocycles. The number of rotatable bonds is 7. The van der Waals surface area contributed by atoms with Gasteiger partial charge in [-0.25, -0.2) is 9.78 Å². The van der Waals surface area contributed by atoms with Crippen molar-refractivity contribution in [1.82, 2.24) is 9.88 Å². The summed E-state index contributed by atoms with van der Waals surface area (Å²) in [5, 5.41) is 0. The molecule has 158 valence electrons. The number of benzene rings is 1. The van der Waals surface area contributed by atoms with E-state index in [1.807, 2.05) is 32.0 Å². The number of hydrogen-bond donors (Lipinski definition) is 0. The lowest BCUT2D eigenvalue weighted by atomic mass is 10.0. The number of ketones is 1. The molecule has 2 atom stereocenters. The third-order valence-electron chi connectivity index (χ3n) is 5.29. The summed E-state index contributed by atoms with van der Waals surface area (Å²) >= 11 is 0. The lowest BCUT2D eigenvalue weighted by Gasteiger charge is -2.32. The average Bonchev–Trinajstić information content (AvgIpc) is 3.04. The van der Waals surface area contributed by atoms with Crippen LogP contribution in [-0.4, -0.2) is 47.2 Å². The molecule has 1 fully saturated rings. The van der Waals surface area contributed by atoms with E-state index < -0.39 is 12.1 Å². The Balaban J connectivity index is 2.08. The zero-order valence-corrected chi connectivity index (χ0v) is 17.7. The Bertz CT molecular complexity index is 912. The molecule has 1 saturated heterocycles. The fourth-order valence-corrected chi connectivity index (χ4v) is 3.91. The molecular weight excluding hydrogens is 382 g/mol. The van der Waals surface area contributed by atoms with Crippen molar-refractivity contribution in [2.75, 3.05) is 18.6 Å². The SMILES string of the molecule is COC(=O)c1ccc([C@@H]2N(c3ccccn3)C(=O)[C@H](C(C)C)N2CCC(C)=O)cc1. The molecule has 0 bridgehead atoms. The Morgan fingerprint density at radius 2 is 1.83 bits per heavy atom. The number of methoxy groups -OCH3 is 1. The number of Topliss-reactive ketones (excluding diaryl/α,β-unsaturated/α-hetero) is 1. The molecule has 0 radical (unpaired) electrons. The highest BCUT2D eigenvalue weighted by Gasteiger charge is 2.48. The number of nitrogens with zero attached hydrogens (tertiary/aromatic N) is 3. The van der Waals surface area contributed by atoms with Crippen molar-refractivity contribution < 1.29 is 19.1 Å². The molecule has 0 unspecified atom stereocenters. The van der Waals surface area contributed by atoms with Crippen LogP contribution in [0.5, 0.6) is 0 Å². The van der Waals surface area contributed by atoms with Crippen molar-refractivity contribution in [2.45, 2.75) is 39.4 Å². The molecule has 1 aromatic heterocycles. The van der Waals surface area contributed by atoms with Crippen molar-refractivity contribution in [2.24, 2.45) is 5.92 Å². The van der Waals surface area contributed by atoms with Gasteiger partial charge in [0.05, 0.1) is 18.7 Å². The summed E-state index contributed by atoms with van der Waals surface area (Å²) in [5.41, 5.74) is 1.28. The molecule has 0 spiro atoms. The predicted molar refractivity (Wildman–Crippen MR) is 113 cm³/mol. The van der Waals surface area contributed by atoms with E-state index in [1.165, 1.54) is 7.11 Å². The van der Waals surface area contributed by atoms with Gasteiger partial charge in [0.2, 0.25) is 5.91 Å². The molecule has 7 heteroatoms. The normalized spacial score (nSPS) is 19.4. The summed E-state index contributed by atoms with van der Waals surface area (Å²) < 4.78 is 4.78. The fourth-order valence-electron chi connectivity index (χ4n) is 3.91. The van der Waals surface area contributed by atoms with Crippen LogP contribution >= 0.6 is 0 Å². The van der Waals surface area contributed by atoms with E-state index in [9.17, 15) is 14.4 Å². The van der Waals surface area contributed by atoms with Crippen molar-refractivity contribution in [3.63, 3.8) is 0 Å². The number of pyridine rings is 1. The van der Waals surface area contributed by atoms with Crippen LogP contribution in [0.15, 0.2) is 48.7 Å². The highest BCUT2D eigenvalue weighted by molar-refractivity contribution is 5.99. The molecule has 30 heavy (non-hydrogen) atoms. The van der Waals surface area contributed by atoms with Gasteiger partial charge in [0.1, 0.15) is 17.8 Å². The fraction of sp³-hybridized carbons (Fsp3) is 0.391. The van der Waals surface area contributed by atoms with Crippen LogP contribution in [0, 0.1) is 5.92 Å².